The monoisotopic (exact) mass is 339 g/mol. The molecule has 124 valence electrons. The van der Waals surface area contributed by atoms with Crippen molar-refractivity contribution in [2.24, 2.45) is 5.92 Å². The van der Waals surface area contributed by atoms with Crippen LogP contribution in [-0.2, 0) is 19.6 Å². The summed E-state index contributed by atoms with van der Waals surface area (Å²) in [5.74, 6) is -7.16. The van der Waals surface area contributed by atoms with Gasteiger partial charge < -0.3 is 4.74 Å². The van der Waals surface area contributed by atoms with Gasteiger partial charge in [-0.25, -0.2) is 12.7 Å². The number of ether oxygens (including phenoxy) is 1. The van der Waals surface area contributed by atoms with Crippen molar-refractivity contribution in [3.8, 4) is 0 Å². The molecule has 1 aliphatic heterocycles. The Morgan fingerprint density at radius 3 is 2.05 bits per heavy atom. The van der Waals surface area contributed by atoms with Gasteiger partial charge in [0.15, 0.2) is 6.61 Å². The molecule has 0 aliphatic carbocycles. The number of alkyl halides is 5. The number of halogens is 5. The van der Waals surface area contributed by atoms with Crippen molar-refractivity contribution >= 4 is 16.0 Å². The Hall–Kier alpha value is -0.970. The number of hydrogen-bond acceptors (Lipinski definition) is 4. The molecule has 1 heterocycles. The Labute approximate surface area is 118 Å². The first kappa shape index (κ1) is 18.1. The molecule has 0 saturated carbocycles. The molecule has 0 amide bonds. The number of sulfonamides is 1. The maximum absolute atomic E-state index is 12.6. The highest BCUT2D eigenvalue weighted by molar-refractivity contribution is 7.88. The zero-order valence-electron chi connectivity index (χ0n) is 11.0. The van der Waals surface area contributed by atoms with Crippen LogP contribution in [0.25, 0.3) is 0 Å². The highest BCUT2D eigenvalue weighted by Crippen LogP contribution is 2.35. The lowest BCUT2D eigenvalue weighted by molar-refractivity contribution is -0.294. The Morgan fingerprint density at radius 1 is 1.19 bits per heavy atom. The Morgan fingerprint density at radius 2 is 1.67 bits per heavy atom. The summed E-state index contributed by atoms with van der Waals surface area (Å²) in [6.45, 7) is -2.08. The summed E-state index contributed by atoms with van der Waals surface area (Å²) in [6, 6.07) is 0. The molecule has 5 nitrogen and oxygen atoms in total. The van der Waals surface area contributed by atoms with Gasteiger partial charge in [-0.2, -0.15) is 22.0 Å². The molecule has 1 fully saturated rings. The summed E-state index contributed by atoms with van der Waals surface area (Å²) in [4.78, 5) is 11.4. The number of rotatable bonds is 4. The second-order valence-corrected chi connectivity index (χ2v) is 6.73. The van der Waals surface area contributed by atoms with E-state index in [9.17, 15) is 35.2 Å². The maximum Gasteiger partial charge on any atom is 0.456 e. The molecular weight excluding hydrogens is 325 g/mol. The summed E-state index contributed by atoms with van der Waals surface area (Å²) in [5.41, 5.74) is 0. The second kappa shape index (κ2) is 6.03. The second-order valence-electron chi connectivity index (χ2n) is 4.75. The fraction of sp³-hybridized carbons (Fsp3) is 0.900. The van der Waals surface area contributed by atoms with Gasteiger partial charge in [0.2, 0.25) is 10.0 Å². The molecule has 11 heteroatoms. The molecule has 0 unspecified atom stereocenters. The van der Waals surface area contributed by atoms with E-state index >= 15 is 0 Å². The van der Waals surface area contributed by atoms with Crippen molar-refractivity contribution in [3.63, 3.8) is 0 Å². The fourth-order valence-electron chi connectivity index (χ4n) is 1.78. The van der Waals surface area contributed by atoms with Gasteiger partial charge in [0.05, 0.1) is 12.2 Å². The lowest BCUT2D eigenvalue weighted by Gasteiger charge is -2.29. The third kappa shape index (κ3) is 4.77. The van der Waals surface area contributed by atoms with E-state index in [2.05, 4.69) is 4.74 Å². The molecule has 0 atom stereocenters. The summed E-state index contributed by atoms with van der Waals surface area (Å²) >= 11 is 0. The minimum absolute atomic E-state index is 0.00569. The van der Waals surface area contributed by atoms with E-state index in [1.165, 1.54) is 0 Å². The maximum atomic E-state index is 12.6. The van der Waals surface area contributed by atoms with Gasteiger partial charge in [0.1, 0.15) is 0 Å². The smallest absolute Gasteiger partial charge is 0.456 e. The van der Waals surface area contributed by atoms with Gasteiger partial charge in [-0.05, 0) is 12.8 Å². The molecule has 0 N–H and O–H groups in total. The highest BCUT2D eigenvalue weighted by Gasteiger charge is 2.58. The van der Waals surface area contributed by atoms with Gasteiger partial charge in [-0.15, -0.1) is 0 Å². The van der Waals surface area contributed by atoms with E-state index in [1.807, 2.05) is 0 Å². The largest absolute Gasteiger partial charge is 0.459 e. The van der Waals surface area contributed by atoms with Gasteiger partial charge in [0.25, 0.3) is 0 Å². The number of carbonyl (C=O) groups excluding carboxylic acids is 1. The van der Waals surface area contributed by atoms with Crippen LogP contribution in [0.15, 0.2) is 0 Å². The van der Waals surface area contributed by atoms with E-state index in [-0.39, 0.29) is 25.9 Å². The van der Waals surface area contributed by atoms with Gasteiger partial charge in [-0.1, -0.05) is 0 Å². The predicted molar refractivity (Wildman–Crippen MR) is 61.1 cm³/mol. The van der Waals surface area contributed by atoms with E-state index in [0.29, 0.717) is 0 Å². The zero-order chi connectivity index (χ0) is 16.5. The first-order valence-electron chi connectivity index (χ1n) is 5.91. The average molecular weight is 339 g/mol. The summed E-state index contributed by atoms with van der Waals surface area (Å²) in [5, 5.41) is 0. The number of carbonyl (C=O) groups is 1. The van der Waals surface area contributed by atoms with Crippen molar-refractivity contribution < 1.29 is 39.9 Å². The number of esters is 1. The third-order valence-corrected chi connectivity index (χ3v) is 4.37. The molecule has 0 aromatic rings. The van der Waals surface area contributed by atoms with E-state index in [4.69, 9.17) is 0 Å². The molecule has 0 radical (unpaired) electrons. The third-order valence-electron chi connectivity index (χ3n) is 3.07. The fourth-order valence-corrected chi connectivity index (χ4v) is 2.66. The molecule has 0 spiro atoms. The SMILES string of the molecule is CS(=O)(=O)N1CCC(C(=O)OCC(F)(F)C(F)(F)F)CC1. The standard InChI is InChI=1S/C10H14F5NO4S/c1-21(18,19)16-4-2-7(3-5-16)8(17)20-6-9(11,12)10(13,14)15/h7H,2-6H2,1H3. The van der Waals surface area contributed by atoms with Gasteiger partial charge >= 0.3 is 18.1 Å². The normalized spacial score (nSPS) is 19.5. The topological polar surface area (TPSA) is 63.7 Å². The lowest BCUT2D eigenvalue weighted by atomic mass is 9.98. The number of hydrogen-bond donors (Lipinski definition) is 0. The minimum atomic E-state index is -5.78. The number of nitrogens with zero attached hydrogens (tertiary/aromatic N) is 1. The highest BCUT2D eigenvalue weighted by atomic mass is 32.2. The van der Waals surface area contributed by atoms with Crippen LogP contribution in [0.3, 0.4) is 0 Å². The molecule has 21 heavy (non-hydrogen) atoms. The van der Waals surface area contributed by atoms with Crippen molar-refractivity contribution in [1.82, 2.24) is 4.31 Å². The van der Waals surface area contributed by atoms with Crippen LogP contribution in [0.2, 0.25) is 0 Å². The predicted octanol–water partition coefficient (Wildman–Crippen LogP) is 1.40. The van der Waals surface area contributed by atoms with Crippen molar-refractivity contribution in [3.05, 3.63) is 0 Å². The van der Waals surface area contributed by atoms with E-state index in [0.717, 1.165) is 10.6 Å². The summed E-state index contributed by atoms with van der Waals surface area (Å²) < 4.78 is 88.4. The van der Waals surface area contributed by atoms with Crippen molar-refractivity contribution in [2.75, 3.05) is 26.0 Å². The van der Waals surface area contributed by atoms with Crippen LogP contribution in [0, 0.1) is 5.92 Å². The van der Waals surface area contributed by atoms with Crippen LogP contribution < -0.4 is 0 Å². The Balaban J connectivity index is 2.49. The van der Waals surface area contributed by atoms with Gasteiger partial charge in [0, 0.05) is 13.1 Å². The molecule has 0 bridgehead atoms. The molecule has 0 aromatic carbocycles. The summed E-state index contributed by atoms with van der Waals surface area (Å²) in [7, 11) is -3.42. The van der Waals surface area contributed by atoms with Crippen LogP contribution >= 0.6 is 0 Å². The molecule has 1 rings (SSSR count). The molecule has 1 saturated heterocycles. The van der Waals surface area contributed by atoms with Gasteiger partial charge in [-0.3, -0.25) is 4.79 Å². The van der Waals surface area contributed by atoms with E-state index in [1.54, 1.807) is 0 Å². The number of piperidine rings is 1. The average Bonchev–Trinajstić information content (AvgIpc) is 2.34. The van der Waals surface area contributed by atoms with Crippen LogP contribution in [0.5, 0.6) is 0 Å². The Kier molecular flexibility index (Phi) is 5.19. The first-order valence-corrected chi connectivity index (χ1v) is 7.76. The van der Waals surface area contributed by atoms with Crippen LogP contribution in [0.4, 0.5) is 22.0 Å². The van der Waals surface area contributed by atoms with Crippen molar-refractivity contribution in [2.45, 2.75) is 24.9 Å². The quantitative estimate of drug-likeness (QED) is 0.574. The van der Waals surface area contributed by atoms with Crippen molar-refractivity contribution in [1.29, 1.82) is 0 Å². The molecule has 1 aliphatic rings. The zero-order valence-corrected chi connectivity index (χ0v) is 11.8. The lowest BCUT2D eigenvalue weighted by Crippen LogP contribution is -2.43. The van der Waals surface area contributed by atoms with Crippen LogP contribution in [0.1, 0.15) is 12.8 Å². The Bertz CT molecular complexity index is 482. The van der Waals surface area contributed by atoms with E-state index < -0.39 is 40.6 Å². The summed E-state index contributed by atoms with van der Waals surface area (Å²) in [6.07, 6.45) is -4.77. The molecule has 0 aromatic heterocycles. The first-order chi connectivity index (χ1) is 9.34. The molecular formula is C10H14F5NO4S. The minimum Gasteiger partial charge on any atom is -0.459 e. The van der Waals surface area contributed by atoms with Crippen LogP contribution in [-0.4, -0.2) is 56.7 Å².